The molecule has 1 saturated heterocycles. The van der Waals surface area contributed by atoms with E-state index < -0.39 is 18.7 Å². The van der Waals surface area contributed by atoms with E-state index in [2.05, 4.69) is 26.0 Å². The van der Waals surface area contributed by atoms with Crippen molar-refractivity contribution in [3.8, 4) is 5.75 Å². The van der Waals surface area contributed by atoms with Crippen LogP contribution in [0.4, 0.5) is 23.7 Å². The number of ether oxygens (including phenoxy) is 1. The van der Waals surface area contributed by atoms with Crippen LogP contribution < -0.4 is 26.0 Å². The van der Waals surface area contributed by atoms with Gasteiger partial charge in [0.1, 0.15) is 12.0 Å². The first-order chi connectivity index (χ1) is 11.6. The lowest BCUT2D eigenvalue weighted by Gasteiger charge is -2.37. The van der Waals surface area contributed by atoms with Crippen LogP contribution in [-0.2, 0) is 0 Å². The van der Waals surface area contributed by atoms with Gasteiger partial charge in [-0.1, -0.05) is 13.8 Å². The van der Waals surface area contributed by atoms with Gasteiger partial charge in [-0.15, -0.1) is 24.8 Å². The molecule has 10 heteroatoms. The molecule has 3 unspecified atom stereocenters. The number of alkyl halides is 4. The quantitative estimate of drug-likeness (QED) is 0.478. The maximum absolute atomic E-state index is 12.1. The molecular weight excluding hydrogens is 361 g/mol. The van der Waals surface area contributed by atoms with Gasteiger partial charge in [0.25, 0.3) is 0 Å². The molecule has 0 radical (unpaired) electrons. The summed E-state index contributed by atoms with van der Waals surface area (Å²) in [7, 11) is 0. The Hall–Kier alpha value is -1.71. The number of amides is 2. The number of benzene rings is 1. The molecule has 6 nitrogen and oxygen atoms in total. The van der Waals surface area contributed by atoms with Crippen LogP contribution in [0.3, 0.4) is 0 Å². The van der Waals surface area contributed by atoms with Gasteiger partial charge in [-0.05, 0) is 36.6 Å². The highest BCUT2D eigenvalue weighted by atomic mass is 35.5. The first-order valence-electron chi connectivity index (χ1n) is 7.72. The number of rotatable bonds is 4. The van der Waals surface area contributed by atoms with Gasteiger partial charge < -0.3 is 15.4 Å². The molecular formula is C15H20ClF3N4O2. The Morgan fingerprint density at radius 3 is 2.48 bits per heavy atom. The number of urea groups is 1. The average Bonchev–Trinajstić information content (AvgIpc) is 2.47. The van der Waals surface area contributed by atoms with E-state index in [0.717, 1.165) is 18.6 Å². The summed E-state index contributed by atoms with van der Waals surface area (Å²) in [6.07, 6.45) is -4.55. The van der Waals surface area contributed by atoms with Crippen LogP contribution in [0, 0.1) is 5.92 Å². The van der Waals surface area contributed by atoms with E-state index in [4.69, 9.17) is 11.6 Å². The van der Waals surface area contributed by atoms with Crippen molar-refractivity contribution >= 4 is 23.3 Å². The SMILES string of the molecule is CC(C)C1CC(Cl)NC(NC(=O)Nc2ccc(OC(F)(F)F)cc2)N1. The highest BCUT2D eigenvalue weighted by molar-refractivity contribution is 6.20. The molecule has 1 aromatic carbocycles. The van der Waals surface area contributed by atoms with Crippen molar-refractivity contribution in [1.82, 2.24) is 16.0 Å². The molecule has 0 bridgehead atoms. The van der Waals surface area contributed by atoms with Crippen molar-refractivity contribution in [2.45, 2.75) is 44.5 Å². The summed E-state index contributed by atoms with van der Waals surface area (Å²) in [4.78, 5) is 12.0. The van der Waals surface area contributed by atoms with Crippen molar-refractivity contribution in [3.63, 3.8) is 0 Å². The second-order valence-corrected chi connectivity index (χ2v) is 6.52. The molecule has 0 aliphatic carbocycles. The summed E-state index contributed by atoms with van der Waals surface area (Å²) in [6.45, 7) is 4.10. The van der Waals surface area contributed by atoms with E-state index in [1.54, 1.807) is 0 Å². The van der Waals surface area contributed by atoms with Gasteiger partial charge in [-0.3, -0.25) is 10.6 Å². The van der Waals surface area contributed by atoms with Gasteiger partial charge >= 0.3 is 12.4 Å². The zero-order valence-corrected chi connectivity index (χ0v) is 14.4. The molecule has 4 N–H and O–H groups in total. The monoisotopic (exact) mass is 380 g/mol. The minimum atomic E-state index is -4.75. The fourth-order valence-corrected chi connectivity index (χ4v) is 2.71. The molecule has 1 aromatic rings. The molecule has 1 heterocycles. The standard InChI is InChI=1S/C15H20ClF3N4O2/c1-8(2)11-7-12(16)22-13(21-11)23-14(24)20-9-3-5-10(6-4-9)25-15(17,18)19/h3-6,8,11-13,21-22H,7H2,1-2H3,(H2,20,23,24). The van der Waals surface area contributed by atoms with Crippen LogP contribution in [0.15, 0.2) is 24.3 Å². The topological polar surface area (TPSA) is 74.4 Å². The highest BCUT2D eigenvalue weighted by Crippen LogP contribution is 2.24. The number of nitrogens with one attached hydrogen (secondary N) is 4. The maximum atomic E-state index is 12.1. The lowest BCUT2D eigenvalue weighted by atomic mass is 9.99. The zero-order chi connectivity index (χ0) is 18.6. The number of halogens is 4. The second kappa shape index (κ2) is 8.11. The Bertz CT molecular complexity index is 583. The maximum Gasteiger partial charge on any atom is 0.573 e. The molecule has 2 rings (SSSR count). The molecule has 1 aliphatic rings. The van der Waals surface area contributed by atoms with Crippen molar-refractivity contribution in [3.05, 3.63) is 24.3 Å². The Kier molecular flexibility index (Phi) is 6.36. The summed E-state index contributed by atoms with van der Waals surface area (Å²) in [5.74, 6) is -0.0179. The van der Waals surface area contributed by atoms with Crippen molar-refractivity contribution in [2.24, 2.45) is 5.92 Å². The van der Waals surface area contributed by atoms with Gasteiger partial charge in [0.05, 0.1) is 5.50 Å². The third-order valence-electron chi connectivity index (χ3n) is 3.62. The molecule has 1 fully saturated rings. The normalized spacial score (nSPS) is 24.0. The third kappa shape index (κ3) is 6.60. The number of carbonyl (C=O) groups excluding carboxylic acids is 1. The average molecular weight is 381 g/mol. The molecule has 0 spiro atoms. The molecule has 3 atom stereocenters. The predicted octanol–water partition coefficient (Wildman–Crippen LogP) is 3.16. The number of hydrogen-bond acceptors (Lipinski definition) is 4. The number of carbonyl (C=O) groups is 1. The fourth-order valence-electron chi connectivity index (χ4n) is 2.39. The van der Waals surface area contributed by atoms with Crippen LogP contribution >= 0.6 is 11.6 Å². The van der Waals surface area contributed by atoms with E-state index >= 15 is 0 Å². The summed E-state index contributed by atoms with van der Waals surface area (Å²) >= 11 is 6.14. The van der Waals surface area contributed by atoms with Gasteiger partial charge in [-0.2, -0.15) is 0 Å². The van der Waals surface area contributed by atoms with E-state index in [1.165, 1.54) is 12.1 Å². The Balaban J connectivity index is 1.87. The lowest BCUT2D eigenvalue weighted by molar-refractivity contribution is -0.274. The minimum absolute atomic E-state index is 0.146. The van der Waals surface area contributed by atoms with E-state index in [-0.39, 0.29) is 17.3 Å². The molecule has 1 aliphatic heterocycles. The minimum Gasteiger partial charge on any atom is -0.406 e. The second-order valence-electron chi connectivity index (χ2n) is 5.99. The summed E-state index contributed by atoms with van der Waals surface area (Å²) in [6, 6.07) is 4.47. The fraction of sp³-hybridized carbons (Fsp3) is 0.533. The molecule has 25 heavy (non-hydrogen) atoms. The third-order valence-corrected chi connectivity index (χ3v) is 3.92. The smallest absolute Gasteiger partial charge is 0.406 e. The Morgan fingerprint density at radius 1 is 1.28 bits per heavy atom. The van der Waals surface area contributed by atoms with Crippen molar-refractivity contribution in [1.29, 1.82) is 0 Å². The first-order valence-corrected chi connectivity index (χ1v) is 8.15. The largest absolute Gasteiger partial charge is 0.573 e. The van der Waals surface area contributed by atoms with E-state index in [9.17, 15) is 18.0 Å². The highest BCUT2D eigenvalue weighted by Gasteiger charge is 2.31. The Labute approximate surface area is 148 Å². The summed E-state index contributed by atoms with van der Waals surface area (Å²) in [5.41, 5.74) is 0.0448. The van der Waals surface area contributed by atoms with Crippen LogP contribution in [0.5, 0.6) is 5.75 Å². The predicted molar refractivity (Wildman–Crippen MR) is 88.2 cm³/mol. The van der Waals surface area contributed by atoms with Crippen molar-refractivity contribution < 1.29 is 22.7 Å². The van der Waals surface area contributed by atoms with Gasteiger partial charge in [-0.25, -0.2) is 4.79 Å². The molecule has 2 amide bonds. The van der Waals surface area contributed by atoms with Gasteiger partial charge in [0.2, 0.25) is 0 Å². The molecule has 0 saturated carbocycles. The van der Waals surface area contributed by atoms with Crippen LogP contribution in [0.1, 0.15) is 20.3 Å². The first kappa shape index (κ1) is 19.6. The summed E-state index contributed by atoms with van der Waals surface area (Å²) < 4.78 is 40.1. The van der Waals surface area contributed by atoms with E-state index in [0.29, 0.717) is 11.6 Å². The lowest BCUT2D eigenvalue weighted by Crippen LogP contribution is -2.65. The van der Waals surface area contributed by atoms with Gasteiger partial charge in [0, 0.05) is 11.7 Å². The van der Waals surface area contributed by atoms with E-state index in [1.807, 2.05) is 13.8 Å². The van der Waals surface area contributed by atoms with Crippen molar-refractivity contribution in [2.75, 3.05) is 5.32 Å². The zero-order valence-electron chi connectivity index (χ0n) is 13.7. The number of anilines is 1. The Morgan fingerprint density at radius 2 is 1.92 bits per heavy atom. The molecule has 140 valence electrons. The summed E-state index contributed by atoms with van der Waals surface area (Å²) in [5, 5.41) is 11.4. The van der Waals surface area contributed by atoms with Crippen LogP contribution in [0.2, 0.25) is 0 Å². The van der Waals surface area contributed by atoms with Gasteiger partial charge in [0.15, 0.2) is 0 Å². The van der Waals surface area contributed by atoms with Crippen LogP contribution in [0.25, 0.3) is 0 Å². The van der Waals surface area contributed by atoms with Crippen LogP contribution in [-0.4, -0.2) is 30.2 Å². The molecule has 0 aromatic heterocycles. The number of hydrogen-bond donors (Lipinski definition) is 4.